The number of fused-ring (bicyclic) bond motifs is 3. The maximum Gasteiger partial charge on any atom is 0.119 e. The third-order valence-corrected chi connectivity index (χ3v) is 5.78. The average molecular weight is 360 g/mol. The molecule has 124 valence electrons. The fraction of sp³-hybridized carbons (Fsp3) is 0.300. The van der Waals surface area contributed by atoms with Crippen molar-refractivity contribution in [2.24, 2.45) is 5.92 Å². The first-order valence-corrected chi connectivity index (χ1v) is 9.08. The molecule has 3 atom stereocenters. The molecule has 2 aromatic rings. The van der Waals surface area contributed by atoms with Crippen molar-refractivity contribution < 1.29 is 4.74 Å². The van der Waals surface area contributed by atoms with E-state index in [1.165, 1.54) is 11.1 Å². The Morgan fingerprint density at radius 2 is 1.92 bits per heavy atom. The van der Waals surface area contributed by atoms with Gasteiger partial charge in [-0.05, 0) is 48.6 Å². The minimum Gasteiger partial charge on any atom is -0.494 e. The van der Waals surface area contributed by atoms with Crippen LogP contribution in [0.25, 0.3) is 0 Å². The number of anilines is 1. The fourth-order valence-corrected chi connectivity index (χ4v) is 4.25. The van der Waals surface area contributed by atoms with Gasteiger partial charge in [0.05, 0.1) is 28.4 Å². The van der Waals surface area contributed by atoms with Crippen molar-refractivity contribution in [1.29, 1.82) is 0 Å². The standard InChI is InChI=1S/C20H19Cl2NO/c1-2-24-13-8-6-12(7-9-13)19-15-5-3-4-14(15)16-10-11-17(21)18(22)20(16)23-19/h3-4,6-11,14-15,19,23H,2,5H2,1H3. The molecule has 3 unspecified atom stereocenters. The quantitative estimate of drug-likeness (QED) is 0.656. The highest BCUT2D eigenvalue weighted by Crippen LogP contribution is 2.52. The predicted molar refractivity (Wildman–Crippen MR) is 100 cm³/mol. The van der Waals surface area contributed by atoms with Gasteiger partial charge in [-0.3, -0.25) is 0 Å². The third kappa shape index (κ3) is 2.58. The zero-order valence-electron chi connectivity index (χ0n) is 13.4. The molecule has 1 N–H and O–H groups in total. The Bertz CT molecular complexity index is 785. The van der Waals surface area contributed by atoms with Gasteiger partial charge in [-0.15, -0.1) is 0 Å². The van der Waals surface area contributed by atoms with Crippen LogP contribution in [0.3, 0.4) is 0 Å². The van der Waals surface area contributed by atoms with Gasteiger partial charge >= 0.3 is 0 Å². The molecule has 0 saturated carbocycles. The molecule has 0 saturated heterocycles. The summed E-state index contributed by atoms with van der Waals surface area (Å²) in [5, 5.41) is 4.85. The Hall–Kier alpha value is -1.64. The van der Waals surface area contributed by atoms with E-state index in [2.05, 4.69) is 35.7 Å². The molecule has 1 aliphatic heterocycles. The van der Waals surface area contributed by atoms with Gasteiger partial charge in [-0.25, -0.2) is 0 Å². The van der Waals surface area contributed by atoms with Crippen molar-refractivity contribution in [2.45, 2.75) is 25.3 Å². The Morgan fingerprint density at radius 1 is 1.12 bits per heavy atom. The van der Waals surface area contributed by atoms with E-state index in [0.717, 1.165) is 17.9 Å². The fourth-order valence-electron chi connectivity index (χ4n) is 3.87. The zero-order chi connectivity index (χ0) is 16.7. The van der Waals surface area contributed by atoms with Crippen LogP contribution in [0, 0.1) is 5.92 Å². The first-order chi connectivity index (χ1) is 11.7. The molecule has 1 heterocycles. The molecule has 0 bridgehead atoms. The number of benzene rings is 2. The summed E-state index contributed by atoms with van der Waals surface area (Å²) in [6.45, 7) is 2.67. The molecular weight excluding hydrogens is 341 g/mol. The summed E-state index contributed by atoms with van der Waals surface area (Å²) in [5.41, 5.74) is 3.46. The van der Waals surface area contributed by atoms with Crippen LogP contribution in [0.2, 0.25) is 10.0 Å². The lowest BCUT2D eigenvalue weighted by Gasteiger charge is -2.38. The van der Waals surface area contributed by atoms with Crippen molar-refractivity contribution in [1.82, 2.24) is 0 Å². The van der Waals surface area contributed by atoms with Gasteiger partial charge < -0.3 is 10.1 Å². The second-order valence-electron chi connectivity index (χ2n) is 6.30. The van der Waals surface area contributed by atoms with Gasteiger partial charge in [0.25, 0.3) is 0 Å². The Morgan fingerprint density at radius 3 is 2.67 bits per heavy atom. The summed E-state index contributed by atoms with van der Waals surface area (Å²) >= 11 is 12.7. The molecule has 0 aromatic heterocycles. The summed E-state index contributed by atoms with van der Waals surface area (Å²) < 4.78 is 5.55. The summed E-state index contributed by atoms with van der Waals surface area (Å²) in [6.07, 6.45) is 5.64. The molecule has 0 amide bonds. The van der Waals surface area contributed by atoms with Gasteiger partial charge in [0.1, 0.15) is 5.75 Å². The number of allylic oxidation sites excluding steroid dienone is 2. The normalized spacial score (nSPS) is 24.2. The SMILES string of the molecule is CCOc1ccc(C2Nc3c(ccc(Cl)c3Cl)C3C=CCC32)cc1. The van der Waals surface area contributed by atoms with E-state index >= 15 is 0 Å². The molecule has 0 fully saturated rings. The second-order valence-corrected chi connectivity index (χ2v) is 7.09. The highest BCUT2D eigenvalue weighted by molar-refractivity contribution is 6.43. The molecule has 0 radical (unpaired) electrons. The Kier molecular flexibility index (Phi) is 4.19. The maximum absolute atomic E-state index is 6.48. The van der Waals surface area contributed by atoms with Crippen LogP contribution in [-0.4, -0.2) is 6.61 Å². The van der Waals surface area contributed by atoms with Gasteiger partial charge in [0.2, 0.25) is 0 Å². The van der Waals surface area contributed by atoms with E-state index in [4.69, 9.17) is 27.9 Å². The number of nitrogens with one attached hydrogen (secondary N) is 1. The van der Waals surface area contributed by atoms with Crippen LogP contribution in [-0.2, 0) is 0 Å². The molecule has 2 nitrogen and oxygen atoms in total. The number of hydrogen-bond donors (Lipinski definition) is 1. The maximum atomic E-state index is 6.48. The molecule has 1 aliphatic carbocycles. The molecule has 4 heteroatoms. The second kappa shape index (κ2) is 6.34. The third-order valence-electron chi connectivity index (χ3n) is 4.98. The average Bonchev–Trinajstić information content (AvgIpc) is 3.08. The van der Waals surface area contributed by atoms with Crippen LogP contribution < -0.4 is 10.1 Å². The van der Waals surface area contributed by atoms with Gasteiger partial charge in [0, 0.05) is 5.92 Å². The Labute approximate surface area is 152 Å². The number of rotatable bonds is 3. The van der Waals surface area contributed by atoms with Crippen LogP contribution in [0.5, 0.6) is 5.75 Å². The van der Waals surface area contributed by atoms with Crippen molar-refractivity contribution in [3.8, 4) is 5.75 Å². The number of hydrogen-bond acceptors (Lipinski definition) is 2. The predicted octanol–water partition coefficient (Wildman–Crippen LogP) is 6.22. The first-order valence-electron chi connectivity index (χ1n) is 8.33. The minimum absolute atomic E-state index is 0.212. The van der Waals surface area contributed by atoms with E-state index in [-0.39, 0.29) is 6.04 Å². The van der Waals surface area contributed by atoms with Gasteiger partial charge in [-0.1, -0.05) is 53.6 Å². The van der Waals surface area contributed by atoms with Crippen molar-refractivity contribution in [2.75, 3.05) is 11.9 Å². The monoisotopic (exact) mass is 359 g/mol. The van der Waals surface area contributed by atoms with E-state index < -0.39 is 0 Å². The van der Waals surface area contributed by atoms with E-state index in [0.29, 0.717) is 28.5 Å². The molecule has 4 rings (SSSR count). The largest absolute Gasteiger partial charge is 0.494 e. The van der Waals surface area contributed by atoms with Crippen molar-refractivity contribution in [3.05, 3.63) is 69.7 Å². The lowest BCUT2D eigenvalue weighted by atomic mass is 9.77. The van der Waals surface area contributed by atoms with Crippen LogP contribution in [0.1, 0.15) is 36.4 Å². The van der Waals surface area contributed by atoms with E-state index in [1.54, 1.807) is 0 Å². The molecule has 2 aromatic carbocycles. The molecular formula is C20H19Cl2NO. The summed E-state index contributed by atoms with van der Waals surface area (Å²) in [6, 6.07) is 12.6. The summed E-state index contributed by atoms with van der Waals surface area (Å²) in [5.74, 6) is 1.78. The topological polar surface area (TPSA) is 21.3 Å². The lowest BCUT2D eigenvalue weighted by molar-refractivity contribution is 0.340. The van der Waals surface area contributed by atoms with E-state index in [1.807, 2.05) is 25.1 Å². The summed E-state index contributed by atoms with van der Waals surface area (Å²) in [4.78, 5) is 0. The number of halogens is 2. The minimum atomic E-state index is 0.212. The van der Waals surface area contributed by atoms with Crippen LogP contribution >= 0.6 is 23.2 Å². The highest BCUT2D eigenvalue weighted by atomic mass is 35.5. The van der Waals surface area contributed by atoms with Crippen molar-refractivity contribution in [3.63, 3.8) is 0 Å². The number of ether oxygens (including phenoxy) is 1. The highest BCUT2D eigenvalue weighted by Gasteiger charge is 2.38. The van der Waals surface area contributed by atoms with Crippen molar-refractivity contribution >= 4 is 28.9 Å². The summed E-state index contributed by atoms with van der Waals surface area (Å²) in [7, 11) is 0. The first kappa shape index (κ1) is 15.9. The lowest BCUT2D eigenvalue weighted by Crippen LogP contribution is -2.29. The Balaban J connectivity index is 1.73. The van der Waals surface area contributed by atoms with E-state index in [9.17, 15) is 0 Å². The zero-order valence-corrected chi connectivity index (χ0v) is 14.9. The molecule has 24 heavy (non-hydrogen) atoms. The smallest absolute Gasteiger partial charge is 0.119 e. The van der Waals surface area contributed by atoms with Gasteiger partial charge in [0.15, 0.2) is 0 Å². The van der Waals surface area contributed by atoms with Crippen LogP contribution in [0.15, 0.2) is 48.6 Å². The molecule has 2 aliphatic rings. The van der Waals surface area contributed by atoms with Crippen LogP contribution in [0.4, 0.5) is 5.69 Å². The molecule has 0 spiro atoms. The van der Waals surface area contributed by atoms with Gasteiger partial charge in [-0.2, -0.15) is 0 Å².